The number of hydrogen-bond donors (Lipinski definition) is 1. The van der Waals surface area contributed by atoms with Gasteiger partial charge in [0.25, 0.3) is 5.91 Å². The zero-order valence-corrected chi connectivity index (χ0v) is 16.4. The molecule has 0 saturated carbocycles. The second kappa shape index (κ2) is 7.87. The predicted molar refractivity (Wildman–Crippen MR) is 112 cm³/mol. The van der Waals surface area contributed by atoms with Crippen LogP contribution in [0.25, 0.3) is 11.0 Å². The Morgan fingerprint density at radius 3 is 2.45 bits per heavy atom. The second-order valence-electron chi connectivity index (χ2n) is 7.23. The van der Waals surface area contributed by atoms with E-state index in [1.807, 2.05) is 62.4 Å². The number of hydrogen-bond acceptors (Lipinski definition) is 2. The van der Waals surface area contributed by atoms with Crippen LogP contribution >= 0.6 is 0 Å². The van der Waals surface area contributed by atoms with E-state index in [9.17, 15) is 9.18 Å². The Hall–Kier alpha value is -3.47. The van der Waals surface area contributed by atoms with Gasteiger partial charge in [-0.1, -0.05) is 42.0 Å². The van der Waals surface area contributed by atoms with Gasteiger partial charge in [0, 0.05) is 12.1 Å². The van der Waals surface area contributed by atoms with Crippen LogP contribution in [0.4, 0.5) is 4.39 Å². The fourth-order valence-electron chi connectivity index (χ4n) is 3.41. The lowest BCUT2D eigenvalue weighted by atomic mass is 10.1. The summed E-state index contributed by atoms with van der Waals surface area (Å²) in [5, 5.41) is 3.05. The number of amides is 1. The fraction of sp³-hybridized carbons (Fsp3) is 0.167. The van der Waals surface area contributed by atoms with Crippen molar-refractivity contribution in [3.8, 4) is 0 Å². The SMILES string of the molecule is Cc1ccc(C(=O)N[C@@H](C)c2nc3ccccc3n2Cc2ccc(F)cc2)cc1. The van der Waals surface area contributed by atoms with Crippen molar-refractivity contribution in [2.45, 2.75) is 26.4 Å². The molecule has 0 aliphatic rings. The molecule has 4 nitrogen and oxygen atoms in total. The van der Waals surface area contributed by atoms with Crippen LogP contribution < -0.4 is 5.32 Å². The number of nitrogens with zero attached hydrogens (tertiary/aromatic N) is 2. The van der Waals surface area contributed by atoms with E-state index in [0.29, 0.717) is 12.1 Å². The molecule has 0 bridgehead atoms. The summed E-state index contributed by atoms with van der Waals surface area (Å²) in [7, 11) is 0. The third kappa shape index (κ3) is 4.04. The number of imidazole rings is 1. The van der Waals surface area contributed by atoms with E-state index in [2.05, 4.69) is 9.88 Å². The lowest BCUT2D eigenvalue weighted by Crippen LogP contribution is -2.28. The molecule has 0 fully saturated rings. The van der Waals surface area contributed by atoms with Gasteiger partial charge in [0.2, 0.25) is 0 Å². The van der Waals surface area contributed by atoms with Crippen molar-refractivity contribution in [1.29, 1.82) is 0 Å². The number of halogens is 1. The normalized spacial score (nSPS) is 12.1. The number of rotatable bonds is 5. The van der Waals surface area contributed by atoms with Crippen LogP contribution in [0.5, 0.6) is 0 Å². The van der Waals surface area contributed by atoms with Crippen LogP contribution in [0.3, 0.4) is 0 Å². The van der Waals surface area contributed by atoms with Gasteiger partial charge in [-0.2, -0.15) is 0 Å². The molecule has 0 aliphatic carbocycles. The maximum absolute atomic E-state index is 13.3. The summed E-state index contributed by atoms with van der Waals surface area (Å²) in [5.41, 5.74) is 4.52. The highest BCUT2D eigenvalue weighted by atomic mass is 19.1. The smallest absolute Gasteiger partial charge is 0.251 e. The number of carbonyl (C=O) groups is 1. The van der Waals surface area contributed by atoms with Crippen molar-refractivity contribution >= 4 is 16.9 Å². The molecule has 1 N–H and O–H groups in total. The fourth-order valence-corrected chi connectivity index (χ4v) is 3.41. The van der Waals surface area contributed by atoms with Gasteiger partial charge in [-0.3, -0.25) is 4.79 Å². The van der Waals surface area contributed by atoms with Crippen LogP contribution in [-0.2, 0) is 6.54 Å². The molecule has 1 atom stereocenters. The molecule has 1 amide bonds. The number of aromatic nitrogens is 2. The lowest BCUT2D eigenvalue weighted by Gasteiger charge is -2.17. The average Bonchev–Trinajstić information content (AvgIpc) is 3.09. The molecule has 0 unspecified atom stereocenters. The molecule has 3 aromatic carbocycles. The first-order valence-electron chi connectivity index (χ1n) is 9.58. The largest absolute Gasteiger partial charge is 0.342 e. The van der Waals surface area contributed by atoms with Crippen molar-refractivity contribution in [3.05, 3.63) is 101 Å². The summed E-state index contributed by atoms with van der Waals surface area (Å²) in [6.45, 7) is 4.46. The average molecular weight is 387 g/mol. The third-order valence-corrected chi connectivity index (χ3v) is 4.99. The topological polar surface area (TPSA) is 46.9 Å². The molecule has 0 radical (unpaired) electrons. The van der Waals surface area contributed by atoms with E-state index >= 15 is 0 Å². The minimum atomic E-state index is -0.295. The van der Waals surface area contributed by atoms with Crippen LogP contribution in [-0.4, -0.2) is 15.5 Å². The number of aryl methyl sites for hydroxylation is 1. The molecular formula is C24H22FN3O. The van der Waals surface area contributed by atoms with Gasteiger partial charge < -0.3 is 9.88 Å². The van der Waals surface area contributed by atoms with E-state index in [-0.39, 0.29) is 17.8 Å². The number of fused-ring (bicyclic) bond motifs is 1. The van der Waals surface area contributed by atoms with Gasteiger partial charge in [0.1, 0.15) is 11.6 Å². The van der Waals surface area contributed by atoms with Crippen LogP contribution in [0.1, 0.15) is 40.3 Å². The minimum Gasteiger partial charge on any atom is -0.342 e. The van der Waals surface area contributed by atoms with Crippen LogP contribution in [0, 0.1) is 12.7 Å². The van der Waals surface area contributed by atoms with Crippen LogP contribution in [0.2, 0.25) is 0 Å². The molecule has 29 heavy (non-hydrogen) atoms. The first kappa shape index (κ1) is 18.9. The number of benzene rings is 3. The standard InChI is InChI=1S/C24H22FN3O/c1-16-7-11-19(12-8-16)24(29)26-17(2)23-27-21-5-3-4-6-22(21)28(23)15-18-9-13-20(25)14-10-18/h3-14,17H,15H2,1-2H3,(H,26,29)/t17-/m0/s1. The van der Waals surface area contributed by atoms with Crippen molar-refractivity contribution in [3.63, 3.8) is 0 Å². The highest BCUT2D eigenvalue weighted by Gasteiger charge is 2.19. The molecule has 0 saturated heterocycles. The Morgan fingerprint density at radius 1 is 1.03 bits per heavy atom. The molecule has 4 rings (SSSR count). The Kier molecular flexibility index (Phi) is 5.12. The Morgan fingerprint density at radius 2 is 1.72 bits per heavy atom. The Bertz CT molecular complexity index is 1150. The molecular weight excluding hydrogens is 365 g/mol. The third-order valence-electron chi connectivity index (χ3n) is 4.99. The predicted octanol–water partition coefficient (Wildman–Crippen LogP) is 5.02. The Balaban J connectivity index is 1.65. The van der Waals surface area contributed by atoms with E-state index in [1.54, 1.807) is 12.1 Å². The summed E-state index contributed by atoms with van der Waals surface area (Å²) >= 11 is 0. The first-order chi connectivity index (χ1) is 14.0. The summed E-state index contributed by atoms with van der Waals surface area (Å²) in [6.07, 6.45) is 0. The van der Waals surface area contributed by atoms with E-state index in [1.165, 1.54) is 12.1 Å². The highest BCUT2D eigenvalue weighted by molar-refractivity contribution is 5.94. The van der Waals surface area contributed by atoms with Gasteiger partial charge in [0.05, 0.1) is 17.1 Å². The molecule has 0 spiro atoms. The van der Waals surface area contributed by atoms with Crippen LogP contribution in [0.15, 0.2) is 72.8 Å². The quantitative estimate of drug-likeness (QED) is 0.522. The monoisotopic (exact) mass is 387 g/mol. The van der Waals surface area contributed by atoms with Gasteiger partial charge in [-0.15, -0.1) is 0 Å². The van der Waals surface area contributed by atoms with E-state index in [4.69, 9.17) is 4.98 Å². The Labute approximate surface area is 169 Å². The maximum Gasteiger partial charge on any atom is 0.251 e. The molecule has 4 aromatic rings. The molecule has 1 aromatic heterocycles. The number of carbonyl (C=O) groups excluding carboxylic acids is 1. The van der Waals surface area contributed by atoms with Crippen molar-refractivity contribution in [2.75, 3.05) is 0 Å². The van der Waals surface area contributed by atoms with Crippen molar-refractivity contribution < 1.29 is 9.18 Å². The highest BCUT2D eigenvalue weighted by Crippen LogP contribution is 2.23. The van der Waals surface area contributed by atoms with Crippen molar-refractivity contribution in [2.24, 2.45) is 0 Å². The zero-order chi connectivity index (χ0) is 20.4. The summed E-state index contributed by atoms with van der Waals surface area (Å²) < 4.78 is 15.4. The second-order valence-corrected chi connectivity index (χ2v) is 7.23. The van der Waals surface area contributed by atoms with Crippen molar-refractivity contribution in [1.82, 2.24) is 14.9 Å². The summed E-state index contributed by atoms with van der Waals surface area (Å²) in [6, 6.07) is 21.5. The zero-order valence-electron chi connectivity index (χ0n) is 16.4. The number of para-hydroxylation sites is 2. The lowest BCUT2D eigenvalue weighted by molar-refractivity contribution is 0.0938. The van der Waals surface area contributed by atoms with Gasteiger partial charge in [-0.05, 0) is 55.8 Å². The summed E-state index contributed by atoms with van der Waals surface area (Å²) in [5.74, 6) is 0.358. The minimum absolute atomic E-state index is 0.141. The number of nitrogens with one attached hydrogen (secondary N) is 1. The van der Waals surface area contributed by atoms with E-state index in [0.717, 1.165) is 28.0 Å². The molecule has 1 heterocycles. The van der Waals surface area contributed by atoms with Gasteiger partial charge >= 0.3 is 0 Å². The van der Waals surface area contributed by atoms with Gasteiger partial charge in [-0.25, -0.2) is 9.37 Å². The summed E-state index contributed by atoms with van der Waals surface area (Å²) in [4.78, 5) is 17.4. The van der Waals surface area contributed by atoms with E-state index < -0.39 is 0 Å². The molecule has 5 heteroatoms. The first-order valence-corrected chi connectivity index (χ1v) is 9.58. The van der Waals surface area contributed by atoms with Gasteiger partial charge in [0.15, 0.2) is 0 Å². The molecule has 146 valence electrons. The maximum atomic E-state index is 13.3. The molecule has 0 aliphatic heterocycles.